The van der Waals surface area contributed by atoms with Crippen molar-refractivity contribution in [2.75, 3.05) is 13.1 Å². The Hall–Kier alpha value is -2.73. The lowest BCUT2D eigenvalue weighted by Gasteiger charge is -2.35. The van der Waals surface area contributed by atoms with Crippen LogP contribution in [0.15, 0.2) is 42.5 Å². The number of piperazine rings is 1. The van der Waals surface area contributed by atoms with Crippen LogP contribution in [-0.2, 0) is 22.7 Å². The van der Waals surface area contributed by atoms with E-state index in [1.807, 2.05) is 37.3 Å². The summed E-state index contributed by atoms with van der Waals surface area (Å²) in [5.41, 5.74) is 4.10. The Morgan fingerprint density at radius 3 is 2.81 bits per heavy atom. The number of carbonyl (C=O) groups excluding carboxylic acids is 2. The van der Waals surface area contributed by atoms with Gasteiger partial charge in [0.15, 0.2) is 0 Å². The molecule has 1 aromatic heterocycles. The molecular weight excluding hydrogens is 340 g/mol. The highest BCUT2D eigenvalue weighted by molar-refractivity contribution is 5.88. The van der Waals surface area contributed by atoms with Gasteiger partial charge in [-0.2, -0.15) is 0 Å². The number of aryl methyl sites for hydroxylation is 2. The molecule has 1 atom stereocenters. The predicted octanol–water partition coefficient (Wildman–Crippen LogP) is 1.71. The van der Waals surface area contributed by atoms with Crippen LogP contribution in [0.2, 0.25) is 0 Å². The van der Waals surface area contributed by atoms with Crippen molar-refractivity contribution < 1.29 is 9.59 Å². The van der Waals surface area contributed by atoms with E-state index in [0.717, 1.165) is 17.9 Å². The molecule has 1 aliphatic heterocycles. The number of carbonyl (C=O) groups is 2. The monoisotopic (exact) mass is 366 g/mol. The van der Waals surface area contributed by atoms with Crippen molar-refractivity contribution in [2.45, 2.75) is 39.4 Å². The summed E-state index contributed by atoms with van der Waals surface area (Å²) >= 11 is 0. The summed E-state index contributed by atoms with van der Waals surface area (Å²) in [5, 5.41) is 5.76. The molecule has 1 aliphatic rings. The number of aromatic nitrogens is 1. The number of benzene rings is 1. The van der Waals surface area contributed by atoms with E-state index >= 15 is 0 Å². The lowest BCUT2D eigenvalue weighted by molar-refractivity contribution is -0.134. The van der Waals surface area contributed by atoms with Gasteiger partial charge in [0.1, 0.15) is 0 Å². The standard InChI is InChI=1S/C21H26N4O2/c1-15-6-3-4-8-17(15)14-25-11-10-22-21(27)19(25)12-20(26)23-13-18-9-5-7-16(2)24-18/h3-9,19H,10-14H2,1-2H3,(H,22,27)(H,23,26). The first-order valence-electron chi connectivity index (χ1n) is 9.28. The summed E-state index contributed by atoms with van der Waals surface area (Å²) < 4.78 is 0. The highest BCUT2D eigenvalue weighted by atomic mass is 16.2. The van der Waals surface area contributed by atoms with E-state index in [4.69, 9.17) is 0 Å². The molecule has 2 N–H and O–H groups in total. The average molecular weight is 366 g/mol. The van der Waals surface area contributed by atoms with Crippen LogP contribution in [0.1, 0.15) is 28.9 Å². The molecule has 1 unspecified atom stereocenters. The summed E-state index contributed by atoms with van der Waals surface area (Å²) in [5.74, 6) is -0.228. The van der Waals surface area contributed by atoms with Gasteiger partial charge in [0.25, 0.3) is 0 Å². The lowest BCUT2D eigenvalue weighted by atomic mass is 10.0. The largest absolute Gasteiger partial charge is 0.353 e. The summed E-state index contributed by atoms with van der Waals surface area (Å²) in [6.07, 6.45) is 0.142. The minimum Gasteiger partial charge on any atom is -0.353 e. The molecule has 1 saturated heterocycles. The number of pyridine rings is 1. The van der Waals surface area contributed by atoms with Gasteiger partial charge in [-0.1, -0.05) is 30.3 Å². The van der Waals surface area contributed by atoms with Crippen molar-refractivity contribution in [1.82, 2.24) is 20.5 Å². The van der Waals surface area contributed by atoms with Gasteiger partial charge in [0, 0.05) is 25.3 Å². The minimum atomic E-state index is -0.455. The molecule has 0 saturated carbocycles. The average Bonchev–Trinajstić information content (AvgIpc) is 2.65. The summed E-state index contributed by atoms with van der Waals surface area (Å²) in [6, 6.07) is 13.4. The molecule has 1 aromatic carbocycles. The Morgan fingerprint density at radius 2 is 2.04 bits per heavy atom. The summed E-state index contributed by atoms with van der Waals surface area (Å²) in [6.45, 7) is 6.36. The molecule has 6 nitrogen and oxygen atoms in total. The van der Waals surface area contributed by atoms with Crippen molar-refractivity contribution in [3.8, 4) is 0 Å². The van der Waals surface area contributed by atoms with E-state index in [-0.39, 0.29) is 18.2 Å². The Morgan fingerprint density at radius 1 is 1.22 bits per heavy atom. The quantitative estimate of drug-likeness (QED) is 0.816. The molecule has 0 radical (unpaired) electrons. The van der Waals surface area contributed by atoms with E-state index in [2.05, 4.69) is 39.6 Å². The number of amides is 2. The first-order chi connectivity index (χ1) is 13.0. The van der Waals surface area contributed by atoms with Crippen LogP contribution in [0.3, 0.4) is 0 Å². The van der Waals surface area contributed by atoms with E-state index in [9.17, 15) is 9.59 Å². The van der Waals surface area contributed by atoms with Crippen molar-refractivity contribution >= 4 is 11.8 Å². The number of nitrogens with zero attached hydrogens (tertiary/aromatic N) is 2. The second-order valence-electron chi connectivity index (χ2n) is 6.95. The van der Waals surface area contributed by atoms with Crippen molar-refractivity contribution in [3.63, 3.8) is 0 Å². The zero-order valence-corrected chi connectivity index (χ0v) is 15.9. The van der Waals surface area contributed by atoms with Gasteiger partial charge in [-0.05, 0) is 37.1 Å². The third-order valence-electron chi connectivity index (χ3n) is 4.87. The number of rotatable bonds is 6. The van der Waals surface area contributed by atoms with E-state index in [0.29, 0.717) is 19.6 Å². The molecule has 6 heteroatoms. The molecule has 2 amide bonds. The van der Waals surface area contributed by atoms with Gasteiger partial charge in [0.05, 0.1) is 24.7 Å². The number of hydrogen-bond acceptors (Lipinski definition) is 4. The molecular formula is C21H26N4O2. The number of nitrogens with one attached hydrogen (secondary N) is 2. The van der Waals surface area contributed by atoms with E-state index in [1.165, 1.54) is 11.1 Å². The van der Waals surface area contributed by atoms with Gasteiger partial charge in [-0.25, -0.2) is 0 Å². The third-order valence-corrected chi connectivity index (χ3v) is 4.87. The smallest absolute Gasteiger partial charge is 0.237 e. The second-order valence-corrected chi connectivity index (χ2v) is 6.95. The van der Waals surface area contributed by atoms with Crippen LogP contribution in [-0.4, -0.2) is 40.8 Å². The summed E-state index contributed by atoms with van der Waals surface area (Å²) in [4.78, 5) is 31.3. The van der Waals surface area contributed by atoms with Gasteiger partial charge in [-0.3, -0.25) is 19.5 Å². The molecule has 2 heterocycles. The molecule has 1 fully saturated rings. The first kappa shape index (κ1) is 19.0. The Balaban J connectivity index is 1.62. The Kier molecular flexibility index (Phi) is 6.19. The second kappa shape index (κ2) is 8.77. The van der Waals surface area contributed by atoms with Crippen LogP contribution >= 0.6 is 0 Å². The van der Waals surface area contributed by atoms with Crippen LogP contribution in [0.4, 0.5) is 0 Å². The topological polar surface area (TPSA) is 74.3 Å². The normalized spacial score (nSPS) is 17.4. The van der Waals surface area contributed by atoms with Crippen molar-refractivity contribution in [2.24, 2.45) is 0 Å². The van der Waals surface area contributed by atoms with Crippen LogP contribution in [0.5, 0.6) is 0 Å². The maximum absolute atomic E-state index is 12.4. The molecule has 0 spiro atoms. The summed E-state index contributed by atoms with van der Waals surface area (Å²) in [7, 11) is 0. The zero-order chi connectivity index (χ0) is 19.2. The van der Waals surface area contributed by atoms with Crippen LogP contribution < -0.4 is 10.6 Å². The van der Waals surface area contributed by atoms with E-state index < -0.39 is 6.04 Å². The molecule has 2 aromatic rings. The molecule has 0 aliphatic carbocycles. The Bertz CT molecular complexity index is 821. The predicted molar refractivity (Wildman–Crippen MR) is 104 cm³/mol. The molecule has 0 bridgehead atoms. The molecule has 142 valence electrons. The molecule has 3 rings (SSSR count). The van der Waals surface area contributed by atoms with Gasteiger partial charge < -0.3 is 10.6 Å². The molecule has 27 heavy (non-hydrogen) atoms. The van der Waals surface area contributed by atoms with Crippen LogP contribution in [0, 0.1) is 13.8 Å². The van der Waals surface area contributed by atoms with E-state index in [1.54, 1.807) is 0 Å². The minimum absolute atomic E-state index is 0.0846. The first-order valence-corrected chi connectivity index (χ1v) is 9.28. The highest BCUT2D eigenvalue weighted by Crippen LogP contribution is 2.16. The fourth-order valence-corrected chi connectivity index (χ4v) is 3.31. The van der Waals surface area contributed by atoms with Crippen molar-refractivity contribution in [1.29, 1.82) is 0 Å². The van der Waals surface area contributed by atoms with Gasteiger partial charge in [0.2, 0.25) is 11.8 Å². The highest BCUT2D eigenvalue weighted by Gasteiger charge is 2.31. The fraction of sp³-hybridized carbons (Fsp3) is 0.381. The number of hydrogen-bond donors (Lipinski definition) is 2. The third kappa shape index (κ3) is 5.14. The maximum atomic E-state index is 12.4. The maximum Gasteiger partial charge on any atom is 0.237 e. The lowest BCUT2D eigenvalue weighted by Crippen LogP contribution is -2.56. The van der Waals surface area contributed by atoms with Crippen LogP contribution in [0.25, 0.3) is 0 Å². The van der Waals surface area contributed by atoms with Crippen molar-refractivity contribution in [3.05, 3.63) is 65.0 Å². The SMILES string of the molecule is Cc1cccc(CNC(=O)CC2C(=O)NCCN2Cc2ccccc2C)n1. The fourth-order valence-electron chi connectivity index (χ4n) is 3.31. The Labute approximate surface area is 160 Å². The van der Waals surface area contributed by atoms with Gasteiger partial charge >= 0.3 is 0 Å². The zero-order valence-electron chi connectivity index (χ0n) is 15.9. The van der Waals surface area contributed by atoms with Gasteiger partial charge in [-0.15, -0.1) is 0 Å².